The number of ether oxygens (including phenoxy) is 1. The molecule has 10 nitrogen and oxygen atoms in total. The molecular formula is C24H15ClN6O4. The SMILES string of the molecule is Cc1nc2c(C#N)ncc(C#N)c2c(=O)n1CCOc1ccc(Cl)cc1-c1ccnc(C(=O)O)c1. The van der Waals surface area contributed by atoms with E-state index in [4.69, 9.17) is 16.3 Å². The monoisotopic (exact) mass is 486 g/mol. The van der Waals surface area contributed by atoms with Gasteiger partial charge in [0.1, 0.15) is 41.5 Å². The van der Waals surface area contributed by atoms with Gasteiger partial charge in [0.2, 0.25) is 0 Å². The standard InChI is InChI=1S/C24H15ClN6O4/c1-13-30-22-19(11-27)29-12-15(10-26)21(22)23(32)31(13)6-7-35-20-3-2-16(25)9-17(20)14-4-5-28-18(8-14)24(33)34/h2-5,8-9,12H,6-7H2,1H3,(H,33,34). The summed E-state index contributed by atoms with van der Waals surface area (Å²) in [6, 6.07) is 11.8. The lowest BCUT2D eigenvalue weighted by atomic mass is 10.0. The Morgan fingerprint density at radius 1 is 1.20 bits per heavy atom. The molecule has 0 amide bonds. The zero-order valence-electron chi connectivity index (χ0n) is 18.2. The average Bonchev–Trinajstić information content (AvgIpc) is 2.86. The molecule has 0 bridgehead atoms. The number of fused-ring (bicyclic) bond motifs is 1. The highest BCUT2D eigenvalue weighted by Gasteiger charge is 2.17. The van der Waals surface area contributed by atoms with Crippen LogP contribution in [0.25, 0.3) is 22.0 Å². The van der Waals surface area contributed by atoms with Gasteiger partial charge in [0.05, 0.1) is 17.5 Å². The summed E-state index contributed by atoms with van der Waals surface area (Å²) in [5.41, 5.74) is 0.564. The third-order valence-corrected chi connectivity index (χ3v) is 5.44. The third-order valence-electron chi connectivity index (χ3n) is 5.21. The van der Waals surface area contributed by atoms with E-state index in [1.165, 1.54) is 23.0 Å². The summed E-state index contributed by atoms with van der Waals surface area (Å²) in [4.78, 5) is 36.5. The number of aromatic carboxylic acids is 1. The minimum atomic E-state index is -1.17. The molecule has 4 rings (SSSR count). The molecule has 4 aromatic rings. The highest BCUT2D eigenvalue weighted by Crippen LogP contribution is 2.33. The fraction of sp³-hybridized carbons (Fsp3) is 0.125. The van der Waals surface area contributed by atoms with Gasteiger partial charge in [-0.25, -0.2) is 19.7 Å². The van der Waals surface area contributed by atoms with E-state index in [0.717, 1.165) is 0 Å². The topological polar surface area (TPSA) is 155 Å². The van der Waals surface area contributed by atoms with Gasteiger partial charge in [0.15, 0.2) is 5.69 Å². The number of hydrogen-bond acceptors (Lipinski definition) is 8. The van der Waals surface area contributed by atoms with Crippen molar-refractivity contribution in [2.24, 2.45) is 0 Å². The number of pyridine rings is 2. The largest absolute Gasteiger partial charge is 0.491 e. The Morgan fingerprint density at radius 2 is 2.00 bits per heavy atom. The highest BCUT2D eigenvalue weighted by molar-refractivity contribution is 6.31. The van der Waals surface area contributed by atoms with Gasteiger partial charge in [-0.1, -0.05) is 11.6 Å². The Kier molecular flexibility index (Phi) is 6.40. The van der Waals surface area contributed by atoms with E-state index in [1.807, 2.05) is 12.1 Å². The van der Waals surface area contributed by atoms with Crippen molar-refractivity contribution in [2.45, 2.75) is 13.5 Å². The molecule has 0 saturated heterocycles. The number of halogens is 1. The molecule has 0 aliphatic carbocycles. The number of aromatic nitrogens is 4. The van der Waals surface area contributed by atoms with Crippen LogP contribution in [-0.4, -0.2) is 37.2 Å². The van der Waals surface area contributed by atoms with Gasteiger partial charge >= 0.3 is 5.97 Å². The van der Waals surface area contributed by atoms with Gasteiger partial charge < -0.3 is 9.84 Å². The van der Waals surface area contributed by atoms with Crippen LogP contribution in [0.15, 0.2) is 47.5 Å². The first-order chi connectivity index (χ1) is 16.8. The smallest absolute Gasteiger partial charge is 0.354 e. The number of nitrogens with zero attached hydrogens (tertiary/aromatic N) is 6. The van der Waals surface area contributed by atoms with E-state index in [9.17, 15) is 25.2 Å². The Bertz CT molecular complexity index is 1630. The zero-order valence-corrected chi connectivity index (χ0v) is 18.9. The maximum Gasteiger partial charge on any atom is 0.354 e. The first-order valence-corrected chi connectivity index (χ1v) is 10.5. The number of benzene rings is 1. The summed E-state index contributed by atoms with van der Waals surface area (Å²) in [6.45, 7) is 1.76. The van der Waals surface area contributed by atoms with Gasteiger partial charge in [-0.15, -0.1) is 0 Å². The molecule has 3 heterocycles. The van der Waals surface area contributed by atoms with Crippen LogP contribution in [-0.2, 0) is 6.54 Å². The predicted molar refractivity (Wildman–Crippen MR) is 125 cm³/mol. The molecule has 0 spiro atoms. The van der Waals surface area contributed by atoms with Crippen molar-refractivity contribution >= 4 is 28.5 Å². The molecular weight excluding hydrogens is 472 g/mol. The second kappa shape index (κ2) is 9.59. The summed E-state index contributed by atoms with van der Waals surface area (Å²) in [7, 11) is 0. The molecule has 1 aromatic carbocycles. The van der Waals surface area contributed by atoms with Crippen LogP contribution < -0.4 is 10.3 Å². The first kappa shape index (κ1) is 23.4. The van der Waals surface area contributed by atoms with Gasteiger partial charge in [-0.2, -0.15) is 10.5 Å². The van der Waals surface area contributed by atoms with Crippen molar-refractivity contribution in [3.8, 4) is 29.0 Å². The van der Waals surface area contributed by atoms with Crippen molar-refractivity contribution in [1.29, 1.82) is 10.5 Å². The number of aryl methyl sites for hydroxylation is 1. The summed E-state index contributed by atoms with van der Waals surface area (Å²) in [5.74, 6) is -0.414. The van der Waals surface area contributed by atoms with Crippen LogP contribution in [0.1, 0.15) is 27.6 Å². The summed E-state index contributed by atoms with van der Waals surface area (Å²) in [5, 5.41) is 28.4. The summed E-state index contributed by atoms with van der Waals surface area (Å²) in [6.07, 6.45) is 2.56. The van der Waals surface area contributed by atoms with Crippen LogP contribution in [0.4, 0.5) is 0 Å². The van der Waals surface area contributed by atoms with Gasteiger partial charge in [-0.05, 0) is 42.8 Å². The fourth-order valence-corrected chi connectivity index (χ4v) is 3.75. The van der Waals surface area contributed by atoms with Crippen LogP contribution >= 0.6 is 11.6 Å². The van der Waals surface area contributed by atoms with Crippen LogP contribution in [0.3, 0.4) is 0 Å². The van der Waals surface area contributed by atoms with Crippen LogP contribution in [0.5, 0.6) is 5.75 Å². The Hall–Kier alpha value is -4.80. The minimum absolute atomic E-state index is 0.0230. The number of rotatable bonds is 6. The average molecular weight is 487 g/mol. The van der Waals surface area contributed by atoms with Crippen molar-refractivity contribution < 1.29 is 14.6 Å². The molecule has 3 aromatic heterocycles. The molecule has 0 atom stereocenters. The van der Waals surface area contributed by atoms with E-state index < -0.39 is 11.5 Å². The molecule has 0 aliphatic heterocycles. The van der Waals surface area contributed by atoms with Crippen LogP contribution in [0, 0.1) is 29.6 Å². The molecule has 0 aliphatic rings. The Labute approximate surface area is 203 Å². The molecule has 0 fully saturated rings. The van der Waals surface area contributed by atoms with Gasteiger partial charge in [0, 0.05) is 23.0 Å². The second-order valence-corrected chi connectivity index (χ2v) is 7.74. The molecule has 0 unspecified atom stereocenters. The highest BCUT2D eigenvalue weighted by atomic mass is 35.5. The van der Waals surface area contributed by atoms with E-state index >= 15 is 0 Å². The second-order valence-electron chi connectivity index (χ2n) is 7.31. The normalized spacial score (nSPS) is 10.5. The number of carboxylic acid groups (broad SMARTS) is 1. The molecule has 172 valence electrons. The van der Waals surface area contributed by atoms with E-state index in [1.54, 1.807) is 31.2 Å². The number of carbonyl (C=O) groups is 1. The maximum atomic E-state index is 13.2. The predicted octanol–water partition coefficient (Wildman–Crippen LogP) is 3.34. The maximum absolute atomic E-state index is 13.2. The Balaban J connectivity index is 1.67. The lowest BCUT2D eigenvalue weighted by molar-refractivity contribution is 0.0690. The van der Waals surface area contributed by atoms with E-state index in [0.29, 0.717) is 27.7 Å². The van der Waals surface area contributed by atoms with Crippen molar-refractivity contribution in [1.82, 2.24) is 19.5 Å². The minimum Gasteiger partial charge on any atom is -0.491 e. The quantitative estimate of drug-likeness (QED) is 0.431. The van der Waals surface area contributed by atoms with Crippen molar-refractivity contribution in [3.63, 3.8) is 0 Å². The number of nitriles is 2. The molecule has 0 radical (unpaired) electrons. The van der Waals surface area contributed by atoms with Crippen molar-refractivity contribution in [3.05, 3.63) is 80.9 Å². The van der Waals surface area contributed by atoms with Gasteiger partial charge in [-0.3, -0.25) is 9.36 Å². The zero-order chi connectivity index (χ0) is 25.1. The van der Waals surface area contributed by atoms with Crippen molar-refractivity contribution in [2.75, 3.05) is 6.61 Å². The van der Waals surface area contributed by atoms with E-state index in [2.05, 4.69) is 15.0 Å². The summed E-state index contributed by atoms with van der Waals surface area (Å²) < 4.78 is 7.29. The number of carboxylic acids is 1. The Morgan fingerprint density at radius 3 is 2.71 bits per heavy atom. The lowest BCUT2D eigenvalue weighted by Crippen LogP contribution is -2.27. The van der Waals surface area contributed by atoms with Gasteiger partial charge in [0.25, 0.3) is 5.56 Å². The van der Waals surface area contributed by atoms with Crippen LogP contribution in [0.2, 0.25) is 5.02 Å². The molecule has 1 N–H and O–H groups in total. The first-order valence-electron chi connectivity index (χ1n) is 10.2. The van der Waals surface area contributed by atoms with E-state index in [-0.39, 0.29) is 41.0 Å². The molecule has 11 heteroatoms. The third kappa shape index (κ3) is 4.51. The number of hydrogen-bond donors (Lipinski definition) is 1. The molecule has 0 saturated carbocycles. The molecule has 35 heavy (non-hydrogen) atoms. The lowest BCUT2D eigenvalue weighted by Gasteiger charge is -2.15. The summed E-state index contributed by atoms with van der Waals surface area (Å²) >= 11 is 6.15. The fourth-order valence-electron chi connectivity index (χ4n) is 3.58.